The summed E-state index contributed by atoms with van der Waals surface area (Å²) >= 11 is 0. The Kier molecular flexibility index (Phi) is 6.41. The van der Waals surface area contributed by atoms with Crippen molar-refractivity contribution >= 4 is 18.0 Å². The Morgan fingerprint density at radius 2 is 1.86 bits per heavy atom. The maximum Gasteiger partial charge on any atom is 0.414 e. The van der Waals surface area contributed by atoms with E-state index in [4.69, 9.17) is 24.5 Å². The number of amides is 1. The lowest BCUT2D eigenvalue weighted by Crippen LogP contribution is -2.67. The van der Waals surface area contributed by atoms with Gasteiger partial charge in [-0.25, -0.2) is 14.4 Å². The first-order valence-electron chi connectivity index (χ1n) is 7.04. The van der Waals surface area contributed by atoms with Crippen molar-refractivity contribution in [3.05, 3.63) is 0 Å². The van der Waals surface area contributed by atoms with Crippen LogP contribution in [0.2, 0.25) is 0 Å². The van der Waals surface area contributed by atoms with Gasteiger partial charge in [0.15, 0.2) is 0 Å². The second-order valence-corrected chi connectivity index (χ2v) is 5.16. The van der Waals surface area contributed by atoms with Crippen LogP contribution in [0.1, 0.15) is 32.6 Å². The van der Waals surface area contributed by atoms with E-state index in [2.05, 4.69) is 12.2 Å². The highest BCUT2D eigenvalue weighted by Crippen LogP contribution is 2.33. The van der Waals surface area contributed by atoms with Crippen LogP contribution in [0.5, 0.6) is 0 Å². The van der Waals surface area contributed by atoms with Crippen LogP contribution in [0.15, 0.2) is 0 Å². The molecule has 2 saturated heterocycles. The molecule has 0 aromatic carbocycles. The Morgan fingerprint density at radius 3 is 2.29 bits per heavy atom. The maximum atomic E-state index is 11.8. The molecule has 8 nitrogen and oxygen atoms in total. The predicted octanol–water partition coefficient (Wildman–Crippen LogP) is 0.517. The minimum absolute atomic E-state index is 0.100. The second-order valence-electron chi connectivity index (χ2n) is 5.16. The van der Waals surface area contributed by atoms with Gasteiger partial charge in [0.2, 0.25) is 0 Å². The van der Waals surface area contributed by atoms with Gasteiger partial charge >= 0.3 is 18.0 Å². The first-order valence-corrected chi connectivity index (χ1v) is 7.04. The number of carboxylic acids is 2. The molecular formula is C13H22N2O6. The van der Waals surface area contributed by atoms with Gasteiger partial charge in [0.1, 0.15) is 0 Å². The molecule has 2 rings (SSSR count). The molecule has 2 aliphatic heterocycles. The van der Waals surface area contributed by atoms with Crippen LogP contribution in [0.25, 0.3) is 0 Å². The number of ether oxygens (including phenoxy) is 1. The Labute approximate surface area is 123 Å². The van der Waals surface area contributed by atoms with Crippen LogP contribution in [0.3, 0.4) is 0 Å². The van der Waals surface area contributed by atoms with Crippen molar-refractivity contribution in [1.29, 1.82) is 0 Å². The summed E-state index contributed by atoms with van der Waals surface area (Å²) in [4.78, 5) is 31.9. The van der Waals surface area contributed by atoms with Gasteiger partial charge in [-0.2, -0.15) is 0 Å². The Bertz CT molecular complexity index is 382. The van der Waals surface area contributed by atoms with Crippen LogP contribution in [-0.4, -0.2) is 64.9 Å². The van der Waals surface area contributed by atoms with Gasteiger partial charge in [0.25, 0.3) is 0 Å². The summed E-state index contributed by atoms with van der Waals surface area (Å²) in [7, 11) is 0. The number of carbonyl (C=O) groups is 3. The standard InChI is InChI=1S/C11H20N2O2.C2H2O4/c1-2-3-7-15-10(14)13-6-4-5-11(13)8-12-9-11;3-1(4)2(5)6/h12H,2-9H2,1H3;(H,3,4)(H,5,6). The molecular weight excluding hydrogens is 280 g/mol. The normalized spacial score (nSPS) is 18.4. The number of nitrogens with zero attached hydrogens (tertiary/aromatic N) is 1. The fourth-order valence-electron chi connectivity index (χ4n) is 2.39. The number of likely N-dealkylation sites (tertiary alicyclic amines) is 1. The Hall–Kier alpha value is -1.83. The average molecular weight is 302 g/mol. The van der Waals surface area contributed by atoms with Gasteiger partial charge < -0.3 is 20.3 Å². The molecule has 0 radical (unpaired) electrons. The summed E-state index contributed by atoms with van der Waals surface area (Å²) in [6.07, 6.45) is 4.17. The lowest BCUT2D eigenvalue weighted by atomic mass is 9.90. The largest absolute Gasteiger partial charge is 0.473 e. The van der Waals surface area contributed by atoms with Crippen molar-refractivity contribution in [1.82, 2.24) is 10.2 Å². The van der Waals surface area contributed by atoms with Gasteiger partial charge in [-0.1, -0.05) is 13.3 Å². The SMILES string of the molecule is CCCCOC(=O)N1CCCC12CNC2.O=C(O)C(=O)O. The number of unbranched alkanes of at least 4 members (excludes halogenated alkanes) is 1. The van der Waals surface area contributed by atoms with E-state index in [9.17, 15) is 4.79 Å². The summed E-state index contributed by atoms with van der Waals surface area (Å²) in [6, 6.07) is 0. The molecule has 2 fully saturated rings. The lowest BCUT2D eigenvalue weighted by Gasteiger charge is -2.45. The number of rotatable bonds is 3. The number of hydrogen-bond donors (Lipinski definition) is 3. The van der Waals surface area contributed by atoms with E-state index in [1.165, 1.54) is 0 Å². The first-order chi connectivity index (χ1) is 9.93. The third-order valence-electron chi connectivity index (χ3n) is 3.63. The van der Waals surface area contributed by atoms with Crippen LogP contribution in [0.4, 0.5) is 4.79 Å². The molecule has 8 heteroatoms. The molecule has 0 aromatic heterocycles. The molecule has 0 aliphatic carbocycles. The van der Waals surface area contributed by atoms with Crippen molar-refractivity contribution in [2.75, 3.05) is 26.2 Å². The number of nitrogens with one attached hydrogen (secondary N) is 1. The average Bonchev–Trinajstić information content (AvgIpc) is 2.84. The van der Waals surface area contributed by atoms with E-state index < -0.39 is 11.9 Å². The van der Waals surface area contributed by atoms with E-state index in [0.29, 0.717) is 6.61 Å². The van der Waals surface area contributed by atoms with Gasteiger partial charge in [-0.15, -0.1) is 0 Å². The third kappa shape index (κ3) is 4.59. The van der Waals surface area contributed by atoms with Gasteiger partial charge in [0, 0.05) is 19.6 Å². The Morgan fingerprint density at radius 1 is 1.24 bits per heavy atom. The summed E-state index contributed by atoms with van der Waals surface area (Å²) in [6.45, 7) is 5.41. The highest BCUT2D eigenvalue weighted by Gasteiger charge is 2.48. The van der Waals surface area contributed by atoms with Crippen molar-refractivity contribution in [2.45, 2.75) is 38.1 Å². The van der Waals surface area contributed by atoms with E-state index in [-0.39, 0.29) is 11.6 Å². The van der Waals surface area contributed by atoms with Crippen molar-refractivity contribution < 1.29 is 29.3 Å². The molecule has 1 spiro atoms. The molecule has 0 bridgehead atoms. The van der Waals surface area contributed by atoms with Crippen molar-refractivity contribution in [3.8, 4) is 0 Å². The lowest BCUT2D eigenvalue weighted by molar-refractivity contribution is -0.159. The molecule has 0 unspecified atom stereocenters. The van der Waals surface area contributed by atoms with Gasteiger partial charge in [-0.05, 0) is 19.3 Å². The first kappa shape index (κ1) is 17.2. The fraction of sp³-hybridized carbons (Fsp3) is 0.769. The molecule has 0 aromatic rings. The predicted molar refractivity (Wildman–Crippen MR) is 73.1 cm³/mol. The zero-order chi connectivity index (χ0) is 15.9. The minimum atomic E-state index is -1.82. The molecule has 3 N–H and O–H groups in total. The second kappa shape index (κ2) is 7.82. The molecule has 0 atom stereocenters. The molecule has 21 heavy (non-hydrogen) atoms. The van der Waals surface area contributed by atoms with Crippen LogP contribution in [-0.2, 0) is 14.3 Å². The van der Waals surface area contributed by atoms with E-state index in [0.717, 1.165) is 45.3 Å². The third-order valence-corrected chi connectivity index (χ3v) is 3.63. The molecule has 120 valence electrons. The minimum Gasteiger partial charge on any atom is -0.473 e. The smallest absolute Gasteiger partial charge is 0.414 e. The van der Waals surface area contributed by atoms with Crippen LogP contribution >= 0.6 is 0 Å². The highest BCUT2D eigenvalue weighted by molar-refractivity contribution is 6.27. The van der Waals surface area contributed by atoms with Crippen LogP contribution in [0, 0.1) is 0 Å². The fourth-order valence-corrected chi connectivity index (χ4v) is 2.39. The summed E-state index contributed by atoms with van der Waals surface area (Å²) in [5.41, 5.74) is 0.100. The zero-order valence-electron chi connectivity index (χ0n) is 12.1. The topological polar surface area (TPSA) is 116 Å². The van der Waals surface area contributed by atoms with Gasteiger partial charge in [0.05, 0.1) is 12.1 Å². The number of carbonyl (C=O) groups excluding carboxylic acids is 1. The highest BCUT2D eigenvalue weighted by atomic mass is 16.6. The number of aliphatic carboxylic acids is 2. The van der Waals surface area contributed by atoms with Gasteiger partial charge in [-0.3, -0.25) is 4.90 Å². The Balaban J connectivity index is 0.000000315. The molecule has 2 heterocycles. The summed E-state index contributed by atoms with van der Waals surface area (Å²) < 4.78 is 5.26. The summed E-state index contributed by atoms with van der Waals surface area (Å²) in [5.74, 6) is -3.65. The van der Waals surface area contributed by atoms with Crippen molar-refractivity contribution in [2.24, 2.45) is 0 Å². The molecule has 0 saturated carbocycles. The van der Waals surface area contributed by atoms with E-state index in [1.807, 2.05) is 4.90 Å². The van der Waals surface area contributed by atoms with E-state index >= 15 is 0 Å². The number of carboxylic acid groups (broad SMARTS) is 2. The maximum absolute atomic E-state index is 11.8. The number of hydrogen-bond acceptors (Lipinski definition) is 5. The van der Waals surface area contributed by atoms with E-state index in [1.54, 1.807) is 0 Å². The molecule has 2 aliphatic rings. The monoisotopic (exact) mass is 302 g/mol. The molecule has 1 amide bonds. The quantitative estimate of drug-likeness (QED) is 0.514. The van der Waals surface area contributed by atoms with Crippen molar-refractivity contribution in [3.63, 3.8) is 0 Å². The summed E-state index contributed by atoms with van der Waals surface area (Å²) in [5, 5.41) is 18.0. The zero-order valence-corrected chi connectivity index (χ0v) is 12.1. The van der Waals surface area contributed by atoms with Crippen LogP contribution < -0.4 is 5.32 Å².